The number of hydrogen-bond donors (Lipinski definition) is 2. The molecule has 0 spiro atoms. The first-order valence-corrected chi connectivity index (χ1v) is 11.2. The van der Waals surface area contributed by atoms with E-state index >= 15 is 0 Å². The molecule has 1 aromatic heterocycles. The number of ether oxygens (including phenoxy) is 1. The van der Waals surface area contributed by atoms with Crippen molar-refractivity contribution < 1.29 is 14.6 Å². The van der Waals surface area contributed by atoms with Crippen LogP contribution in [0.5, 0.6) is 5.75 Å². The van der Waals surface area contributed by atoms with Crippen LogP contribution in [0.15, 0.2) is 30.6 Å². The van der Waals surface area contributed by atoms with Crippen molar-refractivity contribution in [3.63, 3.8) is 0 Å². The van der Waals surface area contributed by atoms with Gasteiger partial charge >= 0.3 is 0 Å². The molecule has 7 nitrogen and oxygen atoms in total. The monoisotopic (exact) mass is 444 g/mol. The SMILES string of the molecule is CC(=O)C[C@@H](C)c1ccc(O[C@@H]2CCN(c3ncnc(NCC4(O)CC4)c3Cl)C2)cc1. The van der Waals surface area contributed by atoms with Crippen LogP contribution in [0.25, 0.3) is 0 Å². The molecule has 31 heavy (non-hydrogen) atoms. The molecule has 8 heteroatoms. The van der Waals surface area contributed by atoms with E-state index in [4.69, 9.17) is 16.3 Å². The van der Waals surface area contributed by atoms with E-state index in [0.29, 0.717) is 36.2 Å². The van der Waals surface area contributed by atoms with Crippen LogP contribution in [-0.2, 0) is 4.79 Å². The molecule has 2 N–H and O–H groups in total. The lowest BCUT2D eigenvalue weighted by Crippen LogP contribution is -2.26. The van der Waals surface area contributed by atoms with Gasteiger partial charge in [0.1, 0.15) is 29.0 Å². The molecule has 1 aromatic carbocycles. The van der Waals surface area contributed by atoms with Gasteiger partial charge in [0.25, 0.3) is 0 Å². The molecule has 0 unspecified atom stereocenters. The standard InChI is InChI=1S/C23H29ClN4O3/c1-15(11-16(2)29)17-3-5-18(6-4-17)31-19-7-10-28(12-19)22-20(24)21(26-14-27-22)25-13-23(30)8-9-23/h3-6,14-15,19,30H,7-13H2,1-2H3,(H,25,26,27)/t15-,19-/m1/s1. The highest BCUT2D eigenvalue weighted by Gasteiger charge is 2.40. The van der Waals surface area contributed by atoms with Crippen LogP contribution < -0.4 is 15.0 Å². The van der Waals surface area contributed by atoms with Gasteiger partial charge in [0, 0.05) is 25.9 Å². The topological polar surface area (TPSA) is 87.6 Å². The number of aromatic nitrogens is 2. The Morgan fingerprint density at radius 2 is 2.10 bits per heavy atom. The Morgan fingerprint density at radius 1 is 1.35 bits per heavy atom. The summed E-state index contributed by atoms with van der Waals surface area (Å²) in [6.07, 6.45) is 4.55. The van der Waals surface area contributed by atoms with Crippen molar-refractivity contribution in [3.8, 4) is 5.75 Å². The first kappa shape index (κ1) is 21.8. The molecule has 0 bridgehead atoms. The summed E-state index contributed by atoms with van der Waals surface area (Å²) in [7, 11) is 0. The van der Waals surface area contributed by atoms with Crippen LogP contribution in [0.4, 0.5) is 11.6 Å². The Hall–Kier alpha value is -2.38. The second-order valence-electron chi connectivity index (χ2n) is 8.79. The largest absolute Gasteiger partial charge is 0.489 e. The van der Waals surface area contributed by atoms with Crippen LogP contribution in [0.2, 0.25) is 5.02 Å². The molecule has 2 aliphatic rings. The summed E-state index contributed by atoms with van der Waals surface area (Å²) in [5.41, 5.74) is 0.514. The normalized spacial score (nSPS) is 20.4. The molecule has 1 saturated carbocycles. The van der Waals surface area contributed by atoms with E-state index < -0.39 is 5.60 Å². The molecule has 2 heterocycles. The number of aliphatic hydroxyl groups is 1. The molecule has 1 saturated heterocycles. The molecule has 1 aliphatic carbocycles. The number of carbonyl (C=O) groups excluding carboxylic acids is 1. The maximum atomic E-state index is 11.3. The number of nitrogens with zero attached hydrogens (tertiary/aromatic N) is 3. The van der Waals surface area contributed by atoms with Crippen molar-refractivity contribution >= 4 is 29.0 Å². The lowest BCUT2D eigenvalue weighted by molar-refractivity contribution is -0.117. The number of ketones is 1. The molecule has 0 amide bonds. The molecular formula is C23H29ClN4O3. The average molecular weight is 445 g/mol. The Labute approximate surface area is 187 Å². The molecular weight excluding hydrogens is 416 g/mol. The minimum Gasteiger partial charge on any atom is -0.489 e. The number of hydrogen-bond acceptors (Lipinski definition) is 7. The van der Waals surface area contributed by atoms with Gasteiger partial charge in [-0.3, -0.25) is 0 Å². The number of Topliss-reactive ketones (excluding diaryl/α,β-unsaturated/α-hetero) is 1. The summed E-state index contributed by atoms with van der Waals surface area (Å²) >= 11 is 6.55. The van der Waals surface area contributed by atoms with Crippen molar-refractivity contribution in [2.45, 2.75) is 57.2 Å². The van der Waals surface area contributed by atoms with Gasteiger partial charge in [-0.2, -0.15) is 0 Å². The maximum absolute atomic E-state index is 11.3. The lowest BCUT2D eigenvalue weighted by atomic mass is 9.96. The average Bonchev–Trinajstić information content (AvgIpc) is 3.29. The summed E-state index contributed by atoms with van der Waals surface area (Å²) < 4.78 is 6.17. The fraction of sp³-hybridized carbons (Fsp3) is 0.522. The second kappa shape index (κ2) is 9.01. The Kier molecular flexibility index (Phi) is 6.34. The van der Waals surface area contributed by atoms with E-state index in [0.717, 1.165) is 37.1 Å². The first-order valence-electron chi connectivity index (χ1n) is 10.8. The number of carbonyl (C=O) groups is 1. The minimum absolute atomic E-state index is 0.0371. The van der Waals surface area contributed by atoms with E-state index in [-0.39, 0.29) is 17.8 Å². The summed E-state index contributed by atoms with van der Waals surface area (Å²) in [5.74, 6) is 2.45. The van der Waals surface area contributed by atoms with E-state index in [9.17, 15) is 9.90 Å². The molecule has 4 rings (SSSR count). The van der Waals surface area contributed by atoms with Crippen molar-refractivity contribution in [2.24, 2.45) is 0 Å². The number of rotatable bonds is 9. The molecule has 2 fully saturated rings. The second-order valence-corrected chi connectivity index (χ2v) is 9.17. The van der Waals surface area contributed by atoms with Gasteiger partial charge in [-0.15, -0.1) is 0 Å². The summed E-state index contributed by atoms with van der Waals surface area (Å²) in [5, 5.41) is 13.6. The van der Waals surface area contributed by atoms with Crippen molar-refractivity contribution in [1.82, 2.24) is 9.97 Å². The fourth-order valence-electron chi connectivity index (χ4n) is 3.91. The minimum atomic E-state index is -0.625. The third kappa shape index (κ3) is 5.46. The van der Waals surface area contributed by atoms with Gasteiger partial charge in [-0.25, -0.2) is 9.97 Å². The number of halogens is 1. The third-order valence-electron chi connectivity index (χ3n) is 5.97. The van der Waals surface area contributed by atoms with Gasteiger partial charge in [-0.1, -0.05) is 30.7 Å². The van der Waals surface area contributed by atoms with Crippen LogP contribution in [0.1, 0.15) is 51.0 Å². The molecule has 0 radical (unpaired) electrons. The van der Waals surface area contributed by atoms with Crippen LogP contribution in [0, 0.1) is 0 Å². The number of nitrogens with one attached hydrogen (secondary N) is 1. The van der Waals surface area contributed by atoms with E-state index in [2.05, 4.69) is 27.1 Å². The van der Waals surface area contributed by atoms with Crippen molar-refractivity contribution in [2.75, 3.05) is 29.9 Å². The highest BCUT2D eigenvalue weighted by molar-refractivity contribution is 6.35. The van der Waals surface area contributed by atoms with Gasteiger partial charge < -0.3 is 24.9 Å². The van der Waals surface area contributed by atoms with E-state index in [1.54, 1.807) is 6.92 Å². The molecule has 1 aliphatic heterocycles. The summed E-state index contributed by atoms with van der Waals surface area (Å²) in [6.45, 7) is 5.60. The quantitative estimate of drug-likeness (QED) is 0.608. The van der Waals surface area contributed by atoms with Gasteiger partial charge in [-0.05, 0) is 43.4 Å². The zero-order valence-corrected chi connectivity index (χ0v) is 18.7. The smallest absolute Gasteiger partial charge is 0.153 e. The fourth-order valence-corrected chi connectivity index (χ4v) is 4.19. The summed E-state index contributed by atoms with van der Waals surface area (Å²) in [6, 6.07) is 8.00. The highest BCUT2D eigenvalue weighted by Crippen LogP contribution is 2.37. The third-order valence-corrected chi connectivity index (χ3v) is 6.32. The van der Waals surface area contributed by atoms with Gasteiger partial charge in [0.15, 0.2) is 11.6 Å². The zero-order chi connectivity index (χ0) is 22.0. The van der Waals surface area contributed by atoms with Crippen molar-refractivity contribution in [3.05, 3.63) is 41.2 Å². The maximum Gasteiger partial charge on any atom is 0.153 e. The molecule has 166 valence electrons. The van der Waals surface area contributed by atoms with Gasteiger partial charge in [0.05, 0.1) is 12.1 Å². The van der Waals surface area contributed by atoms with Gasteiger partial charge in [0.2, 0.25) is 0 Å². The Bertz CT molecular complexity index is 933. The number of anilines is 2. The Balaban J connectivity index is 1.35. The van der Waals surface area contributed by atoms with Crippen LogP contribution >= 0.6 is 11.6 Å². The first-order chi connectivity index (χ1) is 14.8. The highest BCUT2D eigenvalue weighted by atomic mass is 35.5. The predicted octanol–water partition coefficient (Wildman–Crippen LogP) is 3.81. The van der Waals surface area contributed by atoms with E-state index in [1.807, 2.05) is 24.3 Å². The zero-order valence-electron chi connectivity index (χ0n) is 18.0. The van der Waals surface area contributed by atoms with Crippen molar-refractivity contribution in [1.29, 1.82) is 0 Å². The molecule has 2 aromatic rings. The lowest BCUT2D eigenvalue weighted by Gasteiger charge is -2.20. The number of benzene rings is 1. The van der Waals surface area contributed by atoms with E-state index in [1.165, 1.54) is 6.33 Å². The predicted molar refractivity (Wildman–Crippen MR) is 121 cm³/mol. The van der Waals surface area contributed by atoms with Crippen LogP contribution in [-0.4, -0.2) is 52.2 Å². The molecule has 2 atom stereocenters. The Morgan fingerprint density at radius 3 is 2.77 bits per heavy atom. The van der Waals surface area contributed by atoms with Crippen LogP contribution in [0.3, 0.4) is 0 Å². The summed E-state index contributed by atoms with van der Waals surface area (Å²) in [4.78, 5) is 22.0.